The summed E-state index contributed by atoms with van der Waals surface area (Å²) in [6.45, 7) is 5.77. The third-order valence-electron chi connectivity index (χ3n) is 6.29. The SMILES string of the molecule is CC1CN(c2ccccc2S(N)(=O)=O)C(CCC2OCCc3ccccc32)C(C)N1. The van der Waals surface area contributed by atoms with Crippen molar-refractivity contribution in [2.24, 2.45) is 5.14 Å². The van der Waals surface area contributed by atoms with E-state index in [0.29, 0.717) is 5.69 Å². The maximum Gasteiger partial charge on any atom is 0.240 e. The van der Waals surface area contributed by atoms with Crippen LogP contribution in [0.1, 0.15) is 43.9 Å². The van der Waals surface area contributed by atoms with Gasteiger partial charge in [-0.3, -0.25) is 0 Å². The minimum Gasteiger partial charge on any atom is -0.373 e. The van der Waals surface area contributed by atoms with Crippen LogP contribution >= 0.6 is 0 Å². The number of hydrogen-bond acceptors (Lipinski definition) is 5. The fourth-order valence-corrected chi connectivity index (χ4v) is 5.71. The van der Waals surface area contributed by atoms with Gasteiger partial charge in [0.2, 0.25) is 10.0 Å². The van der Waals surface area contributed by atoms with E-state index in [9.17, 15) is 8.42 Å². The first-order valence-electron chi connectivity index (χ1n) is 10.7. The number of fused-ring (bicyclic) bond motifs is 1. The first-order valence-corrected chi connectivity index (χ1v) is 12.2. The molecule has 0 aliphatic carbocycles. The number of sulfonamides is 1. The summed E-state index contributed by atoms with van der Waals surface area (Å²) in [6.07, 6.45) is 2.81. The van der Waals surface area contributed by atoms with Gasteiger partial charge < -0.3 is 15.0 Å². The number of nitrogens with zero attached hydrogens (tertiary/aromatic N) is 1. The number of anilines is 1. The maximum atomic E-state index is 12.2. The van der Waals surface area contributed by atoms with Crippen LogP contribution in [0.5, 0.6) is 0 Å². The molecule has 1 fully saturated rings. The number of nitrogens with one attached hydrogen (secondary N) is 1. The Balaban J connectivity index is 1.60. The molecular weight excluding hydrogens is 398 g/mol. The molecule has 2 aromatic carbocycles. The van der Waals surface area contributed by atoms with E-state index >= 15 is 0 Å². The number of ether oxygens (including phenoxy) is 1. The van der Waals surface area contributed by atoms with Gasteiger partial charge in [-0.1, -0.05) is 36.4 Å². The highest BCUT2D eigenvalue weighted by atomic mass is 32.2. The van der Waals surface area contributed by atoms with Crippen molar-refractivity contribution in [2.45, 2.75) is 62.2 Å². The molecule has 6 nitrogen and oxygen atoms in total. The van der Waals surface area contributed by atoms with Crippen LogP contribution in [0.2, 0.25) is 0 Å². The molecule has 30 heavy (non-hydrogen) atoms. The van der Waals surface area contributed by atoms with Crippen molar-refractivity contribution >= 4 is 15.7 Å². The van der Waals surface area contributed by atoms with Gasteiger partial charge in [0.15, 0.2) is 0 Å². The van der Waals surface area contributed by atoms with Crippen LogP contribution < -0.4 is 15.4 Å². The van der Waals surface area contributed by atoms with Crippen LogP contribution in [0.25, 0.3) is 0 Å². The molecule has 0 spiro atoms. The molecule has 7 heteroatoms. The third kappa shape index (κ3) is 4.39. The molecule has 1 saturated heterocycles. The lowest BCUT2D eigenvalue weighted by atomic mass is 9.90. The lowest BCUT2D eigenvalue weighted by Crippen LogP contribution is -2.61. The first-order chi connectivity index (χ1) is 14.3. The van der Waals surface area contributed by atoms with Gasteiger partial charge in [0, 0.05) is 24.7 Å². The molecule has 2 heterocycles. The quantitative estimate of drug-likeness (QED) is 0.763. The van der Waals surface area contributed by atoms with Crippen LogP contribution in [0, 0.1) is 0 Å². The van der Waals surface area contributed by atoms with E-state index in [2.05, 4.69) is 48.3 Å². The normalized spacial score (nSPS) is 27.0. The number of piperazine rings is 1. The van der Waals surface area contributed by atoms with Crippen molar-refractivity contribution in [2.75, 3.05) is 18.1 Å². The molecule has 2 aliphatic heterocycles. The van der Waals surface area contributed by atoms with Gasteiger partial charge in [-0.15, -0.1) is 0 Å². The van der Waals surface area contributed by atoms with Crippen LogP contribution in [0.4, 0.5) is 5.69 Å². The molecule has 0 saturated carbocycles. The predicted molar refractivity (Wildman–Crippen MR) is 119 cm³/mol. The average molecular weight is 430 g/mol. The first kappa shape index (κ1) is 21.3. The molecule has 2 aromatic rings. The highest BCUT2D eigenvalue weighted by Crippen LogP contribution is 2.35. The van der Waals surface area contributed by atoms with Crippen LogP contribution in [0.3, 0.4) is 0 Å². The second-order valence-corrected chi connectivity index (χ2v) is 10.0. The Morgan fingerprint density at radius 3 is 2.63 bits per heavy atom. The molecule has 162 valence electrons. The molecule has 0 aromatic heterocycles. The number of nitrogens with two attached hydrogens (primary N) is 1. The molecular formula is C23H31N3O3S. The molecule has 4 unspecified atom stereocenters. The molecule has 4 rings (SSSR count). The Hall–Kier alpha value is -1.93. The highest BCUT2D eigenvalue weighted by molar-refractivity contribution is 7.89. The number of primary sulfonamides is 1. The van der Waals surface area contributed by atoms with E-state index in [1.54, 1.807) is 12.1 Å². The van der Waals surface area contributed by atoms with Gasteiger partial charge in [-0.25, -0.2) is 13.6 Å². The van der Waals surface area contributed by atoms with E-state index in [1.165, 1.54) is 11.1 Å². The summed E-state index contributed by atoms with van der Waals surface area (Å²) in [4.78, 5) is 2.41. The molecule has 3 N–H and O–H groups in total. The minimum atomic E-state index is -3.80. The van der Waals surface area contributed by atoms with Crippen LogP contribution in [-0.4, -0.2) is 39.7 Å². The monoisotopic (exact) mass is 429 g/mol. The van der Waals surface area contributed by atoms with Crippen molar-refractivity contribution in [1.29, 1.82) is 0 Å². The summed E-state index contributed by atoms with van der Waals surface area (Å²) in [7, 11) is -3.80. The lowest BCUT2D eigenvalue weighted by molar-refractivity contribution is 0.0328. The Labute approximate surface area is 179 Å². The average Bonchev–Trinajstić information content (AvgIpc) is 2.72. The van der Waals surface area contributed by atoms with E-state index in [-0.39, 0.29) is 29.1 Å². The summed E-state index contributed by atoms with van der Waals surface area (Å²) >= 11 is 0. The lowest BCUT2D eigenvalue weighted by Gasteiger charge is -2.46. The molecule has 4 atom stereocenters. The van der Waals surface area contributed by atoms with Gasteiger partial charge >= 0.3 is 0 Å². The fraction of sp³-hybridized carbons (Fsp3) is 0.478. The fourth-order valence-electron chi connectivity index (χ4n) is 4.97. The number of hydrogen-bond donors (Lipinski definition) is 2. The van der Waals surface area contributed by atoms with Crippen molar-refractivity contribution in [3.63, 3.8) is 0 Å². The molecule has 0 bridgehead atoms. The van der Waals surface area contributed by atoms with Crippen molar-refractivity contribution in [3.8, 4) is 0 Å². The summed E-state index contributed by atoms with van der Waals surface area (Å²) < 4.78 is 30.6. The zero-order chi connectivity index (χ0) is 21.3. The Bertz CT molecular complexity index is 995. The van der Waals surface area contributed by atoms with Crippen LogP contribution in [-0.2, 0) is 21.2 Å². The van der Waals surface area contributed by atoms with E-state index in [4.69, 9.17) is 9.88 Å². The Kier molecular flexibility index (Phi) is 6.16. The summed E-state index contributed by atoms with van der Waals surface area (Å²) in [5, 5.41) is 9.16. The van der Waals surface area contributed by atoms with Gasteiger partial charge in [0.05, 0.1) is 18.4 Å². The topological polar surface area (TPSA) is 84.7 Å². The standard InChI is InChI=1S/C23H31N3O3S/c1-16-15-26(21-9-5-6-10-23(21)30(24,27)28)20(17(2)25-16)11-12-22-19-8-4-3-7-18(19)13-14-29-22/h3-10,16-17,20,22,25H,11-15H2,1-2H3,(H2,24,27,28). The second-order valence-electron chi connectivity index (χ2n) is 8.47. The Morgan fingerprint density at radius 2 is 1.83 bits per heavy atom. The van der Waals surface area contributed by atoms with Gasteiger partial charge in [-0.2, -0.15) is 0 Å². The molecule has 0 amide bonds. The van der Waals surface area contributed by atoms with Gasteiger partial charge in [-0.05, 0) is 56.4 Å². The van der Waals surface area contributed by atoms with Crippen molar-refractivity contribution in [1.82, 2.24) is 5.32 Å². The van der Waals surface area contributed by atoms with Crippen LogP contribution in [0.15, 0.2) is 53.4 Å². The maximum absolute atomic E-state index is 12.2. The number of benzene rings is 2. The van der Waals surface area contributed by atoms with Crippen molar-refractivity contribution < 1.29 is 13.2 Å². The largest absolute Gasteiger partial charge is 0.373 e. The minimum absolute atomic E-state index is 0.0804. The number of rotatable bonds is 5. The summed E-state index contributed by atoms with van der Waals surface area (Å²) in [5.41, 5.74) is 3.34. The van der Waals surface area contributed by atoms with E-state index in [0.717, 1.165) is 32.4 Å². The second kappa shape index (κ2) is 8.67. The van der Waals surface area contributed by atoms with Gasteiger partial charge in [0.25, 0.3) is 0 Å². The van der Waals surface area contributed by atoms with E-state index in [1.807, 2.05) is 12.1 Å². The highest BCUT2D eigenvalue weighted by Gasteiger charge is 2.34. The summed E-state index contributed by atoms with van der Waals surface area (Å²) in [6, 6.07) is 16.2. The molecule has 2 aliphatic rings. The van der Waals surface area contributed by atoms with Gasteiger partial charge in [0.1, 0.15) is 4.90 Å². The van der Waals surface area contributed by atoms with Crippen molar-refractivity contribution in [3.05, 3.63) is 59.7 Å². The Morgan fingerprint density at radius 1 is 1.10 bits per heavy atom. The molecule has 0 radical (unpaired) electrons. The smallest absolute Gasteiger partial charge is 0.240 e. The predicted octanol–water partition coefficient (Wildman–Crippen LogP) is 2.98. The zero-order valence-electron chi connectivity index (χ0n) is 17.6. The summed E-state index contributed by atoms with van der Waals surface area (Å²) in [5.74, 6) is 0. The number of para-hydroxylation sites is 1. The third-order valence-corrected chi connectivity index (χ3v) is 7.25. The zero-order valence-corrected chi connectivity index (χ0v) is 18.4. The van der Waals surface area contributed by atoms with E-state index < -0.39 is 10.0 Å².